The highest BCUT2D eigenvalue weighted by Gasteiger charge is 2.10. The Balaban J connectivity index is 1.67. The van der Waals surface area contributed by atoms with Crippen LogP contribution in [-0.2, 0) is 27.9 Å². The Morgan fingerprint density at radius 2 is 1.52 bits per heavy atom. The fourth-order valence-electron chi connectivity index (χ4n) is 1.97. The first-order valence-corrected chi connectivity index (χ1v) is 8.41. The van der Waals surface area contributed by atoms with Gasteiger partial charge >= 0.3 is 0 Å². The molecule has 0 aliphatic carbocycles. The third-order valence-corrected chi connectivity index (χ3v) is 4.38. The van der Waals surface area contributed by atoms with Crippen molar-refractivity contribution >= 4 is 10.8 Å². The molecule has 21 heavy (non-hydrogen) atoms. The molecule has 1 N–H and O–H groups in total. The highest BCUT2D eigenvalue weighted by atomic mass is 32.2. The Kier molecular flexibility index (Phi) is 6.60. The molecule has 0 spiro atoms. The zero-order valence-corrected chi connectivity index (χ0v) is 12.7. The number of aliphatic hydroxyl groups excluding tert-OH is 1. The van der Waals surface area contributed by atoms with Gasteiger partial charge in [0.15, 0.2) is 0 Å². The summed E-state index contributed by atoms with van der Waals surface area (Å²) in [6.07, 6.45) is -0.696. The van der Waals surface area contributed by atoms with Gasteiger partial charge < -0.3 is 9.84 Å². The predicted octanol–water partition coefficient (Wildman–Crippen LogP) is 2.51. The van der Waals surface area contributed by atoms with Crippen LogP contribution < -0.4 is 0 Å². The number of hydrogen-bond donors (Lipinski definition) is 1. The summed E-state index contributed by atoms with van der Waals surface area (Å²) in [5.41, 5.74) is 2.09. The molecule has 0 saturated carbocycles. The molecule has 112 valence electrons. The zero-order valence-electron chi connectivity index (χ0n) is 11.9. The highest BCUT2D eigenvalue weighted by molar-refractivity contribution is 7.84. The van der Waals surface area contributed by atoms with Crippen molar-refractivity contribution in [3.05, 3.63) is 71.8 Å². The topological polar surface area (TPSA) is 46.5 Å². The fraction of sp³-hybridized carbons (Fsp3) is 0.294. The Hall–Kier alpha value is -1.49. The molecule has 0 aliphatic rings. The molecule has 0 radical (unpaired) electrons. The minimum Gasteiger partial charge on any atom is -0.390 e. The maximum absolute atomic E-state index is 12.0. The first-order valence-electron chi connectivity index (χ1n) is 6.92. The Bertz CT molecular complexity index is 542. The van der Waals surface area contributed by atoms with Gasteiger partial charge in [-0.25, -0.2) is 0 Å². The lowest BCUT2D eigenvalue weighted by Gasteiger charge is -2.11. The summed E-state index contributed by atoms with van der Waals surface area (Å²) in [4.78, 5) is 0. The molecule has 0 unspecified atom stereocenters. The van der Waals surface area contributed by atoms with Crippen LogP contribution in [0.15, 0.2) is 60.7 Å². The minimum absolute atomic E-state index is 0.204. The van der Waals surface area contributed by atoms with Crippen LogP contribution in [-0.4, -0.2) is 27.8 Å². The average molecular weight is 304 g/mol. The van der Waals surface area contributed by atoms with Crippen molar-refractivity contribution in [3.63, 3.8) is 0 Å². The van der Waals surface area contributed by atoms with Gasteiger partial charge in [0, 0.05) is 16.6 Å². The van der Waals surface area contributed by atoms with Crippen LogP contribution in [0, 0.1) is 0 Å². The van der Waals surface area contributed by atoms with E-state index in [2.05, 4.69) is 0 Å². The Morgan fingerprint density at radius 3 is 2.14 bits per heavy atom. The van der Waals surface area contributed by atoms with Crippen molar-refractivity contribution in [1.29, 1.82) is 0 Å². The summed E-state index contributed by atoms with van der Waals surface area (Å²) >= 11 is 0. The maximum atomic E-state index is 12.0. The van der Waals surface area contributed by atoms with E-state index in [9.17, 15) is 9.32 Å². The molecule has 0 aliphatic heterocycles. The van der Waals surface area contributed by atoms with Crippen molar-refractivity contribution < 1.29 is 14.1 Å². The van der Waals surface area contributed by atoms with Crippen molar-refractivity contribution in [3.8, 4) is 0 Å². The molecule has 2 aromatic rings. The van der Waals surface area contributed by atoms with Crippen LogP contribution >= 0.6 is 0 Å². The number of hydrogen-bond acceptors (Lipinski definition) is 3. The van der Waals surface area contributed by atoms with Gasteiger partial charge in [-0.3, -0.25) is 4.21 Å². The van der Waals surface area contributed by atoms with E-state index in [1.165, 1.54) is 0 Å². The molecule has 0 amide bonds. The standard InChI is InChI=1S/C17H20O3S/c18-17(12-20-11-15-7-3-1-4-8-15)14-21(19)13-16-9-5-2-6-10-16/h1-10,17-18H,11-14H2/t17-,21-/m0/s1. The highest BCUT2D eigenvalue weighted by Crippen LogP contribution is 2.05. The second-order valence-corrected chi connectivity index (χ2v) is 6.39. The molecule has 0 saturated heterocycles. The molecule has 0 aromatic heterocycles. The fourth-order valence-corrected chi connectivity index (χ4v) is 3.18. The number of aliphatic hydroxyl groups is 1. The van der Waals surface area contributed by atoms with Gasteiger partial charge in [-0.2, -0.15) is 0 Å². The normalized spacial score (nSPS) is 13.8. The van der Waals surface area contributed by atoms with E-state index in [1.54, 1.807) is 0 Å². The van der Waals surface area contributed by atoms with Crippen LogP contribution in [0.2, 0.25) is 0 Å². The Morgan fingerprint density at radius 1 is 0.952 bits per heavy atom. The molecule has 0 fully saturated rings. The summed E-state index contributed by atoms with van der Waals surface area (Å²) in [7, 11) is -1.08. The summed E-state index contributed by atoms with van der Waals surface area (Å²) in [5.74, 6) is 0.709. The number of rotatable bonds is 8. The van der Waals surface area contributed by atoms with Gasteiger partial charge in [0.25, 0.3) is 0 Å². The van der Waals surface area contributed by atoms with E-state index in [0.717, 1.165) is 11.1 Å². The second kappa shape index (κ2) is 8.72. The van der Waals surface area contributed by atoms with Crippen LogP contribution in [0.1, 0.15) is 11.1 Å². The lowest BCUT2D eigenvalue weighted by molar-refractivity contribution is 0.0394. The van der Waals surface area contributed by atoms with Crippen molar-refractivity contribution in [2.45, 2.75) is 18.5 Å². The second-order valence-electron chi connectivity index (χ2n) is 4.89. The molecule has 2 rings (SSSR count). The van der Waals surface area contributed by atoms with E-state index >= 15 is 0 Å². The van der Waals surface area contributed by atoms with E-state index in [1.807, 2.05) is 60.7 Å². The van der Waals surface area contributed by atoms with Gasteiger partial charge in [0.05, 0.1) is 25.1 Å². The molecule has 0 heterocycles. The van der Waals surface area contributed by atoms with Crippen molar-refractivity contribution in [2.24, 2.45) is 0 Å². The third kappa shape index (κ3) is 6.21. The lowest BCUT2D eigenvalue weighted by Crippen LogP contribution is -2.23. The summed E-state index contributed by atoms with van der Waals surface area (Å²) in [5, 5.41) is 9.86. The summed E-state index contributed by atoms with van der Waals surface area (Å²) in [6.45, 7) is 0.665. The quantitative estimate of drug-likeness (QED) is 0.815. The summed E-state index contributed by atoms with van der Waals surface area (Å²) in [6, 6.07) is 19.4. The first kappa shape index (κ1) is 15.9. The number of ether oxygens (including phenoxy) is 1. The van der Waals surface area contributed by atoms with Crippen LogP contribution in [0.4, 0.5) is 0 Å². The molecular weight excluding hydrogens is 284 g/mol. The molecular formula is C17H20O3S. The number of benzene rings is 2. The van der Waals surface area contributed by atoms with E-state index in [0.29, 0.717) is 12.4 Å². The van der Waals surface area contributed by atoms with Crippen molar-refractivity contribution in [2.75, 3.05) is 12.4 Å². The van der Waals surface area contributed by atoms with E-state index in [4.69, 9.17) is 4.74 Å². The van der Waals surface area contributed by atoms with Gasteiger partial charge in [0.1, 0.15) is 0 Å². The minimum atomic E-state index is -1.08. The average Bonchev–Trinajstić information content (AvgIpc) is 2.49. The van der Waals surface area contributed by atoms with Crippen LogP contribution in [0.3, 0.4) is 0 Å². The lowest BCUT2D eigenvalue weighted by atomic mass is 10.2. The van der Waals surface area contributed by atoms with Gasteiger partial charge in [-0.15, -0.1) is 0 Å². The van der Waals surface area contributed by atoms with Gasteiger partial charge in [0.2, 0.25) is 0 Å². The molecule has 0 bridgehead atoms. The maximum Gasteiger partial charge on any atom is 0.0888 e. The van der Waals surface area contributed by atoms with Gasteiger partial charge in [-0.05, 0) is 11.1 Å². The van der Waals surface area contributed by atoms with E-state index < -0.39 is 16.9 Å². The van der Waals surface area contributed by atoms with Crippen LogP contribution in [0.25, 0.3) is 0 Å². The van der Waals surface area contributed by atoms with Crippen molar-refractivity contribution in [1.82, 2.24) is 0 Å². The smallest absolute Gasteiger partial charge is 0.0888 e. The van der Waals surface area contributed by atoms with Gasteiger partial charge in [-0.1, -0.05) is 60.7 Å². The zero-order chi connectivity index (χ0) is 14.9. The molecule has 4 heteroatoms. The largest absolute Gasteiger partial charge is 0.390 e. The molecule has 2 aromatic carbocycles. The summed E-state index contributed by atoms with van der Waals surface area (Å²) < 4.78 is 17.4. The monoisotopic (exact) mass is 304 g/mol. The molecule has 3 nitrogen and oxygen atoms in total. The third-order valence-electron chi connectivity index (χ3n) is 2.97. The molecule has 2 atom stereocenters. The van der Waals surface area contributed by atoms with E-state index in [-0.39, 0.29) is 12.4 Å². The van der Waals surface area contributed by atoms with Crippen LogP contribution in [0.5, 0.6) is 0 Å². The Labute approximate surface area is 128 Å². The first-order chi connectivity index (χ1) is 10.2. The SMILES string of the molecule is O=[S@@](Cc1ccccc1)C[C@@H](O)COCc1ccccc1. The predicted molar refractivity (Wildman–Crippen MR) is 85.3 cm³/mol.